The lowest BCUT2D eigenvalue weighted by Gasteiger charge is -2.17. The molecule has 1 atom stereocenters. The number of carbonyl (C=O) groups is 1. The average Bonchev–Trinajstić information content (AvgIpc) is 3.25. The van der Waals surface area contributed by atoms with E-state index in [1.807, 2.05) is 20.0 Å². The fraction of sp³-hybridized carbons (Fsp3) is 0.412. The van der Waals surface area contributed by atoms with Gasteiger partial charge in [0.25, 0.3) is 11.6 Å². The van der Waals surface area contributed by atoms with Crippen molar-refractivity contribution in [1.82, 2.24) is 9.88 Å². The van der Waals surface area contributed by atoms with Crippen LogP contribution in [0.4, 0.5) is 11.4 Å². The van der Waals surface area contributed by atoms with Gasteiger partial charge in [-0.25, -0.2) is 4.98 Å². The lowest BCUT2D eigenvalue weighted by Crippen LogP contribution is -2.28. The zero-order chi connectivity index (χ0) is 18.0. The maximum atomic E-state index is 12.7. The van der Waals surface area contributed by atoms with Crippen molar-refractivity contribution in [3.05, 3.63) is 50.0 Å². The fourth-order valence-corrected chi connectivity index (χ4v) is 3.71. The number of thiazole rings is 1. The smallest absolute Gasteiger partial charge is 0.282 e. The zero-order valence-corrected chi connectivity index (χ0v) is 15.0. The minimum Gasteiger partial charge on any atom is -0.376 e. The molecule has 1 unspecified atom stereocenters. The Bertz CT molecular complexity index is 799. The predicted octanol–water partition coefficient (Wildman–Crippen LogP) is 3.77. The molecule has 1 aromatic carbocycles. The van der Waals surface area contributed by atoms with Crippen LogP contribution in [0, 0.1) is 17.0 Å². The Hall–Kier alpha value is -2.48. The summed E-state index contributed by atoms with van der Waals surface area (Å²) in [6.45, 7) is 5.28. The standard InChI is InChI=1S/C17H20N4O3S/c1-11-10-18-16(25-11)12(2)19-13-5-6-15(21(23)24)14(9-13)17(22)20-7-3-4-8-20/h5-6,9-10,12,19H,3-4,7-8H2,1-2H3. The van der Waals surface area contributed by atoms with Gasteiger partial charge in [0.15, 0.2) is 0 Å². The number of aryl methyl sites for hydroxylation is 1. The van der Waals surface area contributed by atoms with Crippen LogP contribution in [0.3, 0.4) is 0 Å². The number of amides is 1. The molecule has 1 amide bonds. The second-order valence-corrected chi connectivity index (χ2v) is 7.43. The molecule has 2 heterocycles. The molecule has 0 aliphatic carbocycles. The second kappa shape index (κ2) is 7.18. The quantitative estimate of drug-likeness (QED) is 0.648. The van der Waals surface area contributed by atoms with Crippen molar-refractivity contribution < 1.29 is 9.72 Å². The molecule has 1 fully saturated rings. The number of likely N-dealkylation sites (tertiary alicyclic amines) is 1. The molecule has 0 bridgehead atoms. The van der Waals surface area contributed by atoms with E-state index in [1.165, 1.54) is 6.07 Å². The number of nitrogens with zero attached hydrogens (tertiary/aromatic N) is 3. The molecule has 1 N–H and O–H groups in total. The third-order valence-corrected chi connectivity index (χ3v) is 5.31. The van der Waals surface area contributed by atoms with Gasteiger partial charge in [0, 0.05) is 35.9 Å². The molecule has 2 aromatic rings. The van der Waals surface area contributed by atoms with Crippen LogP contribution in [0.5, 0.6) is 0 Å². The summed E-state index contributed by atoms with van der Waals surface area (Å²) in [6, 6.07) is 4.56. The maximum Gasteiger partial charge on any atom is 0.282 e. The summed E-state index contributed by atoms with van der Waals surface area (Å²) in [5, 5.41) is 15.5. The van der Waals surface area contributed by atoms with Crippen LogP contribution in [0.1, 0.15) is 46.0 Å². The van der Waals surface area contributed by atoms with Crippen LogP contribution in [-0.2, 0) is 0 Å². The van der Waals surface area contributed by atoms with Gasteiger partial charge in [-0.2, -0.15) is 0 Å². The lowest BCUT2D eigenvalue weighted by atomic mass is 10.1. The molecule has 0 radical (unpaired) electrons. The second-order valence-electron chi connectivity index (χ2n) is 6.16. The minimum atomic E-state index is -0.499. The van der Waals surface area contributed by atoms with Crippen LogP contribution < -0.4 is 5.32 Å². The van der Waals surface area contributed by atoms with Crippen LogP contribution in [0.15, 0.2) is 24.4 Å². The number of hydrogen-bond acceptors (Lipinski definition) is 6. The van der Waals surface area contributed by atoms with Crippen molar-refractivity contribution in [3.63, 3.8) is 0 Å². The fourth-order valence-electron chi connectivity index (χ4n) is 2.93. The topological polar surface area (TPSA) is 88.4 Å². The molecule has 3 rings (SSSR count). The van der Waals surface area contributed by atoms with E-state index in [2.05, 4.69) is 10.3 Å². The molecule has 0 spiro atoms. The molecule has 1 aromatic heterocycles. The summed E-state index contributed by atoms with van der Waals surface area (Å²) in [6.07, 6.45) is 3.70. The Morgan fingerprint density at radius 3 is 2.72 bits per heavy atom. The van der Waals surface area contributed by atoms with Gasteiger partial charge in [0.2, 0.25) is 0 Å². The highest BCUT2D eigenvalue weighted by Gasteiger charge is 2.27. The predicted molar refractivity (Wildman–Crippen MR) is 97.1 cm³/mol. The summed E-state index contributed by atoms with van der Waals surface area (Å²) in [5.41, 5.74) is 0.660. The molecule has 0 saturated carbocycles. The molecular weight excluding hydrogens is 340 g/mol. The highest BCUT2D eigenvalue weighted by atomic mass is 32.1. The number of aromatic nitrogens is 1. The highest BCUT2D eigenvalue weighted by Crippen LogP contribution is 2.28. The first kappa shape index (κ1) is 17.3. The summed E-state index contributed by atoms with van der Waals surface area (Å²) in [5.74, 6) is -0.273. The molecule has 8 heteroatoms. The SMILES string of the molecule is Cc1cnc(C(C)Nc2ccc([N+](=O)[O-])c(C(=O)N3CCCC3)c2)s1. The third-order valence-electron chi connectivity index (χ3n) is 4.21. The molecule has 1 saturated heterocycles. The number of benzene rings is 1. The van der Waals surface area contributed by atoms with Gasteiger partial charge in [-0.15, -0.1) is 11.3 Å². The summed E-state index contributed by atoms with van der Waals surface area (Å²) < 4.78 is 0. The van der Waals surface area contributed by atoms with Crippen molar-refractivity contribution in [2.75, 3.05) is 18.4 Å². The molecule has 7 nitrogen and oxygen atoms in total. The van der Waals surface area contributed by atoms with Crippen LogP contribution in [0.25, 0.3) is 0 Å². The van der Waals surface area contributed by atoms with E-state index >= 15 is 0 Å². The zero-order valence-electron chi connectivity index (χ0n) is 14.2. The Morgan fingerprint density at radius 1 is 1.40 bits per heavy atom. The number of carbonyl (C=O) groups excluding carboxylic acids is 1. The van der Waals surface area contributed by atoms with E-state index in [4.69, 9.17) is 0 Å². The van der Waals surface area contributed by atoms with E-state index in [-0.39, 0.29) is 23.2 Å². The van der Waals surface area contributed by atoms with E-state index in [0.29, 0.717) is 18.8 Å². The molecule has 25 heavy (non-hydrogen) atoms. The summed E-state index contributed by atoms with van der Waals surface area (Å²) in [7, 11) is 0. The van der Waals surface area contributed by atoms with Gasteiger partial charge in [0.05, 0.1) is 11.0 Å². The van der Waals surface area contributed by atoms with Gasteiger partial charge in [0.1, 0.15) is 10.6 Å². The number of anilines is 1. The van der Waals surface area contributed by atoms with Crippen molar-refractivity contribution in [1.29, 1.82) is 0 Å². The lowest BCUT2D eigenvalue weighted by molar-refractivity contribution is -0.385. The van der Waals surface area contributed by atoms with Crippen LogP contribution in [-0.4, -0.2) is 33.8 Å². The normalized spacial score (nSPS) is 15.2. The molecular formula is C17H20N4O3S. The maximum absolute atomic E-state index is 12.7. The monoisotopic (exact) mass is 360 g/mol. The largest absolute Gasteiger partial charge is 0.376 e. The van der Waals surface area contributed by atoms with E-state index in [0.717, 1.165) is 22.7 Å². The van der Waals surface area contributed by atoms with Gasteiger partial charge in [-0.1, -0.05) is 0 Å². The van der Waals surface area contributed by atoms with Crippen molar-refractivity contribution >= 4 is 28.6 Å². The number of nitro groups is 1. The van der Waals surface area contributed by atoms with Gasteiger partial charge < -0.3 is 10.2 Å². The highest BCUT2D eigenvalue weighted by molar-refractivity contribution is 7.11. The van der Waals surface area contributed by atoms with Crippen LogP contribution >= 0.6 is 11.3 Å². The van der Waals surface area contributed by atoms with E-state index in [9.17, 15) is 14.9 Å². The number of hydrogen-bond donors (Lipinski definition) is 1. The average molecular weight is 360 g/mol. The first-order valence-corrected chi connectivity index (χ1v) is 9.04. The summed E-state index contributed by atoms with van der Waals surface area (Å²) >= 11 is 1.60. The number of nitrogens with one attached hydrogen (secondary N) is 1. The Balaban J connectivity index is 1.86. The van der Waals surface area contributed by atoms with Gasteiger partial charge >= 0.3 is 0 Å². The van der Waals surface area contributed by atoms with Crippen molar-refractivity contribution in [2.24, 2.45) is 0 Å². The Morgan fingerprint density at radius 2 is 2.12 bits per heavy atom. The van der Waals surface area contributed by atoms with Crippen molar-refractivity contribution in [2.45, 2.75) is 32.7 Å². The van der Waals surface area contributed by atoms with E-state index in [1.54, 1.807) is 28.4 Å². The Kier molecular flexibility index (Phi) is 4.98. The third kappa shape index (κ3) is 3.79. The Labute approximate surface area is 149 Å². The number of nitro benzene ring substituents is 1. The first-order chi connectivity index (χ1) is 12.0. The van der Waals surface area contributed by atoms with Gasteiger partial charge in [-0.3, -0.25) is 14.9 Å². The molecule has 1 aliphatic heterocycles. The number of rotatable bonds is 5. The van der Waals surface area contributed by atoms with E-state index < -0.39 is 4.92 Å². The molecule has 132 valence electrons. The van der Waals surface area contributed by atoms with Crippen LogP contribution in [0.2, 0.25) is 0 Å². The minimum absolute atomic E-state index is 0.0464. The van der Waals surface area contributed by atoms with Gasteiger partial charge in [-0.05, 0) is 38.8 Å². The first-order valence-electron chi connectivity index (χ1n) is 8.22. The van der Waals surface area contributed by atoms with Crippen molar-refractivity contribution in [3.8, 4) is 0 Å². The molecule has 1 aliphatic rings. The summed E-state index contributed by atoms with van der Waals surface area (Å²) in [4.78, 5) is 30.6.